The highest BCUT2D eigenvalue weighted by Gasteiger charge is 2.30. The number of hydrogen-bond donors (Lipinski definition) is 2. The Morgan fingerprint density at radius 2 is 1.40 bits per heavy atom. The molecule has 0 bridgehead atoms. The first-order chi connectivity index (χ1) is 9.84. The monoisotopic (exact) mass is 267 g/mol. The molecular formula is C18H21NO. The van der Waals surface area contributed by atoms with Gasteiger partial charge in [-0.25, -0.2) is 0 Å². The normalized spacial score (nSPS) is 16.3. The fraction of sp³-hybridized carbons (Fsp3) is 0.333. The van der Waals surface area contributed by atoms with E-state index in [9.17, 15) is 5.11 Å². The quantitative estimate of drug-likeness (QED) is 0.842. The van der Waals surface area contributed by atoms with Crippen LogP contribution in [0.4, 0.5) is 0 Å². The lowest BCUT2D eigenvalue weighted by Crippen LogP contribution is -2.32. The van der Waals surface area contributed by atoms with Crippen LogP contribution in [0.3, 0.4) is 0 Å². The van der Waals surface area contributed by atoms with E-state index in [1.165, 1.54) is 24.0 Å². The smallest absolute Gasteiger partial charge is 0.0693 e. The molecule has 0 amide bonds. The Labute approximate surface area is 120 Å². The molecule has 2 heteroatoms. The van der Waals surface area contributed by atoms with Crippen LogP contribution in [0.1, 0.15) is 30.0 Å². The summed E-state index contributed by atoms with van der Waals surface area (Å²) < 4.78 is 0. The van der Waals surface area contributed by atoms with Crippen molar-refractivity contribution in [1.82, 2.24) is 5.32 Å². The second-order valence-electron chi connectivity index (χ2n) is 5.57. The number of rotatable bonds is 6. The summed E-state index contributed by atoms with van der Waals surface area (Å²) in [5.74, 6) is 0.509. The molecule has 20 heavy (non-hydrogen) atoms. The zero-order chi connectivity index (χ0) is 13.8. The molecule has 1 unspecified atom stereocenters. The minimum atomic E-state index is -0.218. The molecule has 2 nitrogen and oxygen atoms in total. The predicted octanol–water partition coefficient (Wildman–Crippen LogP) is 3.14. The largest absolute Gasteiger partial charge is 0.392 e. The molecule has 0 heterocycles. The molecule has 0 saturated heterocycles. The van der Waals surface area contributed by atoms with Crippen molar-refractivity contribution in [2.24, 2.45) is 5.92 Å². The zero-order valence-electron chi connectivity index (χ0n) is 11.6. The lowest BCUT2D eigenvalue weighted by atomic mass is 9.98. The van der Waals surface area contributed by atoms with Crippen LogP contribution in [0.15, 0.2) is 60.7 Å². The van der Waals surface area contributed by atoms with E-state index in [2.05, 4.69) is 53.8 Å². The summed E-state index contributed by atoms with van der Waals surface area (Å²) in [6, 6.07) is 21.0. The van der Waals surface area contributed by atoms with Gasteiger partial charge in [-0.1, -0.05) is 60.7 Å². The van der Waals surface area contributed by atoms with E-state index in [0.717, 1.165) is 0 Å². The Morgan fingerprint density at radius 1 is 0.900 bits per heavy atom. The SMILES string of the molecule is OC(CNC(c1ccccc1)c1ccccc1)C1CC1. The first-order valence-electron chi connectivity index (χ1n) is 7.36. The van der Waals surface area contributed by atoms with Gasteiger partial charge in [0.1, 0.15) is 0 Å². The molecule has 2 aromatic carbocycles. The molecule has 1 atom stereocenters. The van der Waals surface area contributed by atoms with Gasteiger partial charge in [-0.05, 0) is 29.9 Å². The summed E-state index contributed by atoms with van der Waals surface area (Å²) in [6.45, 7) is 0.652. The van der Waals surface area contributed by atoms with Gasteiger partial charge in [-0.15, -0.1) is 0 Å². The highest BCUT2D eigenvalue weighted by atomic mass is 16.3. The molecule has 2 aromatic rings. The number of benzene rings is 2. The van der Waals surface area contributed by atoms with Gasteiger partial charge in [0.25, 0.3) is 0 Å². The van der Waals surface area contributed by atoms with Crippen molar-refractivity contribution in [2.45, 2.75) is 25.0 Å². The summed E-state index contributed by atoms with van der Waals surface area (Å²) in [6.07, 6.45) is 2.12. The van der Waals surface area contributed by atoms with Crippen LogP contribution in [0.2, 0.25) is 0 Å². The third-order valence-electron chi connectivity index (χ3n) is 3.96. The van der Waals surface area contributed by atoms with Crippen LogP contribution < -0.4 is 5.32 Å². The van der Waals surface area contributed by atoms with Crippen LogP contribution in [0.25, 0.3) is 0 Å². The Bertz CT molecular complexity index is 482. The molecule has 104 valence electrons. The Kier molecular flexibility index (Phi) is 4.14. The van der Waals surface area contributed by atoms with E-state index in [1.54, 1.807) is 0 Å². The Balaban J connectivity index is 1.76. The van der Waals surface area contributed by atoms with E-state index in [4.69, 9.17) is 0 Å². The first kappa shape index (κ1) is 13.3. The predicted molar refractivity (Wildman–Crippen MR) is 81.5 cm³/mol. The lowest BCUT2D eigenvalue weighted by Gasteiger charge is -2.21. The van der Waals surface area contributed by atoms with Crippen molar-refractivity contribution in [3.05, 3.63) is 71.8 Å². The molecule has 2 N–H and O–H groups in total. The van der Waals surface area contributed by atoms with Crippen molar-refractivity contribution in [3.8, 4) is 0 Å². The number of hydrogen-bond acceptors (Lipinski definition) is 2. The van der Waals surface area contributed by atoms with Gasteiger partial charge < -0.3 is 10.4 Å². The maximum Gasteiger partial charge on any atom is 0.0693 e. The van der Waals surface area contributed by atoms with Crippen molar-refractivity contribution in [3.63, 3.8) is 0 Å². The average molecular weight is 267 g/mol. The zero-order valence-corrected chi connectivity index (χ0v) is 11.6. The lowest BCUT2D eigenvalue weighted by molar-refractivity contribution is 0.146. The fourth-order valence-electron chi connectivity index (χ4n) is 2.61. The van der Waals surface area contributed by atoms with Crippen LogP contribution in [0.5, 0.6) is 0 Å². The minimum absolute atomic E-state index is 0.144. The van der Waals surface area contributed by atoms with Crippen molar-refractivity contribution >= 4 is 0 Å². The molecule has 1 fully saturated rings. The van der Waals surface area contributed by atoms with Crippen molar-refractivity contribution in [1.29, 1.82) is 0 Å². The van der Waals surface area contributed by atoms with Gasteiger partial charge in [0, 0.05) is 6.54 Å². The molecular weight excluding hydrogens is 246 g/mol. The maximum absolute atomic E-state index is 10.1. The average Bonchev–Trinajstić information content (AvgIpc) is 3.34. The van der Waals surface area contributed by atoms with E-state index < -0.39 is 0 Å². The van der Waals surface area contributed by atoms with Gasteiger partial charge in [0.2, 0.25) is 0 Å². The highest BCUT2D eigenvalue weighted by molar-refractivity contribution is 5.31. The topological polar surface area (TPSA) is 32.3 Å². The standard InChI is InChI=1S/C18H21NO/c20-17(14-11-12-14)13-19-18(15-7-3-1-4-8-15)16-9-5-2-6-10-16/h1-10,14,17-20H,11-13H2. The number of aliphatic hydroxyl groups excluding tert-OH is 1. The third kappa shape index (κ3) is 3.27. The third-order valence-corrected chi connectivity index (χ3v) is 3.96. The molecule has 0 aromatic heterocycles. The molecule has 0 radical (unpaired) electrons. The second kappa shape index (κ2) is 6.21. The summed E-state index contributed by atoms with van der Waals surface area (Å²) in [7, 11) is 0. The minimum Gasteiger partial charge on any atom is -0.392 e. The van der Waals surface area contributed by atoms with E-state index in [-0.39, 0.29) is 12.1 Å². The Morgan fingerprint density at radius 3 is 1.85 bits per heavy atom. The molecule has 3 rings (SSSR count). The summed E-state index contributed by atoms with van der Waals surface area (Å²) >= 11 is 0. The van der Waals surface area contributed by atoms with Gasteiger partial charge in [0.05, 0.1) is 12.1 Å². The van der Waals surface area contributed by atoms with E-state index in [1.807, 2.05) is 12.1 Å². The molecule has 1 saturated carbocycles. The summed E-state index contributed by atoms with van der Waals surface area (Å²) in [4.78, 5) is 0. The van der Waals surface area contributed by atoms with Crippen molar-refractivity contribution in [2.75, 3.05) is 6.54 Å². The highest BCUT2D eigenvalue weighted by Crippen LogP contribution is 2.32. The van der Waals surface area contributed by atoms with Crippen LogP contribution in [-0.4, -0.2) is 17.8 Å². The molecule has 0 aliphatic heterocycles. The number of nitrogens with one attached hydrogen (secondary N) is 1. The van der Waals surface area contributed by atoms with Crippen molar-refractivity contribution < 1.29 is 5.11 Å². The molecule has 0 spiro atoms. The van der Waals surface area contributed by atoms with E-state index in [0.29, 0.717) is 12.5 Å². The molecule has 1 aliphatic rings. The van der Waals surface area contributed by atoms with Gasteiger partial charge in [-0.2, -0.15) is 0 Å². The van der Waals surface area contributed by atoms with Gasteiger partial charge >= 0.3 is 0 Å². The second-order valence-corrected chi connectivity index (χ2v) is 5.57. The Hall–Kier alpha value is -1.64. The summed E-state index contributed by atoms with van der Waals surface area (Å²) in [5, 5.41) is 13.6. The number of aliphatic hydroxyl groups is 1. The van der Waals surface area contributed by atoms with E-state index >= 15 is 0 Å². The van der Waals surface area contributed by atoms with Crippen LogP contribution >= 0.6 is 0 Å². The van der Waals surface area contributed by atoms with Crippen LogP contribution in [0, 0.1) is 5.92 Å². The van der Waals surface area contributed by atoms with Gasteiger partial charge in [-0.3, -0.25) is 0 Å². The van der Waals surface area contributed by atoms with Gasteiger partial charge in [0.15, 0.2) is 0 Å². The first-order valence-corrected chi connectivity index (χ1v) is 7.36. The molecule has 1 aliphatic carbocycles. The summed E-state index contributed by atoms with van der Waals surface area (Å²) in [5.41, 5.74) is 2.48. The fourth-order valence-corrected chi connectivity index (χ4v) is 2.61. The maximum atomic E-state index is 10.1. The van der Waals surface area contributed by atoms with Crippen LogP contribution in [-0.2, 0) is 0 Å².